The molecule has 0 aliphatic heterocycles. The highest BCUT2D eigenvalue weighted by Gasteiger charge is 2.15. The van der Waals surface area contributed by atoms with Gasteiger partial charge in [0.1, 0.15) is 6.10 Å². The Labute approximate surface area is 108 Å². The van der Waals surface area contributed by atoms with Crippen molar-refractivity contribution >= 4 is 11.6 Å². The van der Waals surface area contributed by atoms with Gasteiger partial charge < -0.3 is 5.11 Å². The smallest absolute Gasteiger partial charge is 0.100 e. The monoisotopic (exact) mass is 250 g/mol. The van der Waals surface area contributed by atoms with Crippen LogP contribution in [0.2, 0.25) is 5.02 Å². The highest BCUT2D eigenvalue weighted by atomic mass is 35.5. The first-order chi connectivity index (χ1) is 8.16. The van der Waals surface area contributed by atoms with Gasteiger partial charge in [-0.05, 0) is 61.4 Å². The van der Waals surface area contributed by atoms with Gasteiger partial charge in [0.2, 0.25) is 0 Å². The van der Waals surface area contributed by atoms with Crippen molar-refractivity contribution in [3.8, 4) is 0 Å². The van der Waals surface area contributed by atoms with E-state index in [-0.39, 0.29) is 0 Å². The molecule has 17 heavy (non-hydrogen) atoms. The van der Waals surface area contributed by atoms with Crippen molar-refractivity contribution in [1.29, 1.82) is 0 Å². The third-order valence-electron chi connectivity index (χ3n) is 3.31. The van der Waals surface area contributed by atoms with Gasteiger partial charge in [-0.1, -0.05) is 30.2 Å². The maximum absolute atomic E-state index is 10.4. The van der Waals surface area contributed by atoms with Crippen molar-refractivity contribution < 1.29 is 5.11 Å². The van der Waals surface area contributed by atoms with Crippen molar-refractivity contribution in [2.75, 3.05) is 0 Å². The van der Waals surface area contributed by atoms with E-state index < -0.39 is 6.10 Å². The second kappa shape index (κ2) is 5.70. The molecular formula is C15H19ClO. The maximum Gasteiger partial charge on any atom is 0.100 e. The second-order valence-electron chi connectivity index (χ2n) is 4.84. The van der Waals surface area contributed by atoms with E-state index in [1.807, 2.05) is 25.1 Å². The molecule has 0 saturated carbocycles. The highest BCUT2D eigenvalue weighted by molar-refractivity contribution is 6.30. The van der Waals surface area contributed by atoms with Crippen LogP contribution in [-0.2, 0) is 0 Å². The topological polar surface area (TPSA) is 20.2 Å². The average Bonchev–Trinajstić information content (AvgIpc) is 2.55. The van der Waals surface area contributed by atoms with Gasteiger partial charge in [0, 0.05) is 5.02 Å². The molecule has 0 radical (unpaired) electrons. The Hall–Kier alpha value is -0.790. The lowest BCUT2D eigenvalue weighted by atomic mass is 9.97. The van der Waals surface area contributed by atoms with Crippen LogP contribution in [0, 0.1) is 6.92 Å². The molecule has 0 spiro atoms. The van der Waals surface area contributed by atoms with Gasteiger partial charge in [-0.2, -0.15) is 0 Å². The highest BCUT2D eigenvalue weighted by Crippen LogP contribution is 2.30. The van der Waals surface area contributed by atoms with E-state index in [0.717, 1.165) is 29.5 Å². The third-order valence-corrected chi connectivity index (χ3v) is 3.53. The molecule has 1 aliphatic rings. The summed E-state index contributed by atoms with van der Waals surface area (Å²) in [6.07, 6.45) is 7.51. The number of allylic oxidation sites excluding steroid dienone is 1. The van der Waals surface area contributed by atoms with Crippen molar-refractivity contribution in [1.82, 2.24) is 0 Å². The Morgan fingerprint density at radius 1 is 1.18 bits per heavy atom. The average molecular weight is 251 g/mol. The Kier molecular flexibility index (Phi) is 4.25. The number of hydrogen-bond acceptors (Lipinski definition) is 1. The fourth-order valence-electron chi connectivity index (χ4n) is 2.42. The molecule has 1 nitrogen and oxygen atoms in total. The number of rotatable bonds is 2. The zero-order valence-corrected chi connectivity index (χ0v) is 11.0. The molecule has 1 unspecified atom stereocenters. The Morgan fingerprint density at radius 2 is 2.00 bits per heavy atom. The van der Waals surface area contributed by atoms with E-state index >= 15 is 0 Å². The Balaban J connectivity index is 2.23. The van der Waals surface area contributed by atoms with Crippen molar-refractivity contribution in [3.05, 3.63) is 46.0 Å². The van der Waals surface area contributed by atoms with E-state index in [1.54, 1.807) is 0 Å². The van der Waals surface area contributed by atoms with Gasteiger partial charge in [0.05, 0.1) is 0 Å². The fourth-order valence-corrected chi connectivity index (χ4v) is 2.72. The Bertz CT molecular complexity index is 403. The SMILES string of the molecule is Cc1cc(Cl)cc(C(O)C2=CCCCCC2)c1. The number of aliphatic hydroxyl groups is 1. The summed E-state index contributed by atoms with van der Waals surface area (Å²) < 4.78 is 0. The van der Waals surface area contributed by atoms with Crippen LogP contribution < -0.4 is 0 Å². The molecule has 1 aromatic carbocycles. The summed E-state index contributed by atoms with van der Waals surface area (Å²) in [7, 11) is 0. The van der Waals surface area contributed by atoms with Gasteiger partial charge in [-0.3, -0.25) is 0 Å². The van der Waals surface area contributed by atoms with E-state index in [1.165, 1.54) is 19.3 Å². The molecule has 1 atom stereocenters. The van der Waals surface area contributed by atoms with Crippen LogP contribution in [-0.4, -0.2) is 5.11 Å². The summed E-state index contributed by atoms with van der Waals surface area (Å²) >= 11 is 6.03. The summed E-state index contributed by atoms with van der Waals surface area (Å²) in [6, 6.07) is 5.80. The third kappa shape index (κ3) is 3.34. The molecule has 0 saturated heterocycles. The van der Waals surface area contributed by atoms with Crippen LogP contribution in [0.1, 0.15) is 49.3 Å². The summed E-state index contributed by atoms with van der Waals surface area (Å²) in [6.45, 7) is 2.00. The molecule has 1 aliphatic carbocycles. The van der Waals surface area contributed by atoms with Crippen LogP contribution in [0.4, 0.5) is 0 Å². The largest absolute Gasteiger partial charge is 0.384 e. The first kappa shape index (κ1) is 12.7. The van der Waals surface area contributed by atoms with Crippen LogP contribution in [0.3, 0.4) is 0 Å². The summed E-state index contributed by atoms with van der Waals surface area (Å²) in [4.78, 5) is 0. The van der Waals surface area contributed by atoms with Crippen LogP contribution >= 0.6 is 11.6 Å². The number of hydrogen-bond donors (Lipinski definition) is 1. The number of aliphatic hydroxyl groups excluding tert-OH is 1. The van der Waals surface area contributed by atoms with Gasteiger partial charge in [0.15, 0.2) is 0 Å². The molecule has 1 aromatic rings. The lowest BCUT2D eigenvalue weighted by Gasteiger charge is -2.15. The quantitative estimate of drug-likeness (QED) is 0.763. The second-order valence-corrected chi connectivity index (χ2v) is 5.28. The molecule has 92 valence electrons. The zero-order valence-electron chi connectivity index (χ0n) is 10.2. The predicted molar refractivity (Wildman–Crippen MR) is 72.3 cm³/mol. The van der Waals surface area contributed by atoms with Crippen molar-refractivity contribution in [2.24, 2.45) is 0 Å². The Morgan fingerprint density at radius 3 is 2.76 bits per heavy atom. The van der Waals surface area contributed by atoms with E-state index in [0.29, 0.717) is 5.02 Å². The van der Waals surface area contributed by atoms with E-state index in [2.05, 4.69) is 6.08 Å². The molecule has 0 bridgehead atoms. The molecule has 0 fully saturated rings. The van der Waals surface area contributed by atoms with Crippen molar-refractivity contribution in [3.63, 3.8) is 0 Å². The minimum absolute atomic E-state index is 0.481. The number of benzene rings is 1. The van der Waals surface area contributed by atoms with E-state index in [4.69, 9.17) is 11.6 Å². The molecule has 1 N–H and O–H groups in total. The number of aryl methyl sites for hydroxylation is 1. The summed E-state index contributed by atoms with van der Waals surface area (Å²) in [5.74, 6) is 0. The minimum atomic E-state index is -0.481. The zero-order chi connectivity index (χ0) is 12.3. The standard InChI is InChI=1S/C15H19ClO/c1-11-8-13(10-14(16)9-11)15(17)12-6-4-2-3-5-7-12/h6,8-10,15,17H,2-5,7H2,1H3. The molecule has 2 heteroatoms. The minimum Gasteiger partial charge on any atom is -0.384 e. The van der Waals surface area contributed by atoms with Gasteiger partial charge in [-0.15, -0.1) is 0 Å². The van der Waals surface area contributed by atoms with Gasteiger partial charge in [-0.25, -0.2) is 0 Å². The molecular weight excluding hydrogens is 232 g/mol. The van der Waals surface area contributed by atoms with E-state index in [9.17, 15) is 5.11 Å². The first-order valence-corrected chi connectivity index (χ1v) is 6.69. The van der Waals surface area contributed by atoms with Crippen LogP contribution in [0.5, 0.6) is 0 Å². The number of halogens is 1. The van der Waals surface area contributed by atoms with Gasteiger partial charge >= 0.3 is 0 Å². The molecule has 0 aromatic heterocycles. The lowest BCUT2D eigenvalue weighted by molar-refractivity contribution is 0.210. The normalized spacial score (nSPS) is 18.4. The van der Waals surface area contributed by atoms with Crippen LogP contribution in [0.25, 0.3) is 0 Å². The summed E-state index contributed by atoms with van der Waals surface area (Å²) in [5.41, 5.74) is 3.17. The maximum atomic E-state index is 10.4. The fraction of sp³-hybridized carbons (Fsp3) is 0.467. The molecule has 2 rings (SSSR count). The predicted octanol–water partition coefficient (Wildman–Crippen LogP) is 4.57. The van der Waals surface area contributed by atoms with Crippen molar-refractivity contribution in [2.45, 2.75) is 45.1 Å². The lowest BCUT2D eigenvalue weighted by Crippen LogP contribution is -2.02. The van der Waals surface area contributed by atoms with Crippen LogP contribution in [0.15, 0.2) is 29.8 Å². The summed E-state index contributed by atoms with van der Waals surface area (Å²) in [5, 5.41) is 11.1. The van der Waals surface area contributed by atoms with Gasteiger partial charge in [0.25, 0.3) is 0 Å². The molecule has 0 amide bonds. The molecule has 0 heterocycles. The first-order valence-electron chi connectivity index (χ1n) is 6.31.